The van der Waals surface area contributed by atoms with Crippen molar-refractivity contribution in [2.45, 2.75) is 18.9 Å². The van der Waals surface area contributed by atoms with Gasteiger partial charge in [-0.1, -0.05) is 6.07 Å². The summed E-state index contributed by atoms with van der Waals surface area (Å²) in [6.07, 6.45) is 4.04. The van der Waals surface area contributed by atoms with E-state index in [0.29, 0.717) is 24.3 Å². The fraction of sp³-hybridized carbons (Fsp3) is 0.412. The second-order valence-electron chi connectivity index (χ2n) is 5.98. The molecule has 2 N–H and O–H groups in total. The molecule has 0 unspecified atom stereocenters. The predicted molar refractivity (Wildman–Crippen MR) is 91.6 cm³/mol. The van der Waals surface area contributed by atoms with Crippen LogP contribution in [-0.2, 0) is 4.79 Å². The molecule has 1 aliphatic carbocycles. The van der Waals surface area contributed by atoms with E-state index < -0.39 is 0 Å². The summed E-state index contributed by atoms with van der Waals surface area (Å²) < 4.78 is 11.2. The van der Waals surface area contributed by atoms with Gasteiger partial charge in [-0.05, 0) is 36.5 Å². The quantitative estimate of drug-likeness (QED) is 0.842. The van der Waals surface area contributed by atoms with Crippen molar-refractivity contribution < 1.29 is 14.3 Å². The number of carbonyl (C=O) groups is 1. The number of amides is 1. The molecule has 0 bridgehead atoms. The first-order chi connectivity index (χ1) is 11.8. The summed E-state index contributed by atoms with van der Waals surface area (Å²) >= 11 is 1.41. The van der Waals surface area contributed by atoms with Crippen LogP contribution in [0.25, 0.3) is 0 Å². The van der Waals surface area contributed by atoms with Crippen LogP contribution in [-0.4, -0.2) is 30.6 Å². The molecule has 4 rings (SSSR count). The fourth-order valence-electron chi connectivity index (χ4n) is 2.89. The highest BCUT2D eigenvalue weighted by Crippen LogP contribution is 2.43. The molecule has 126 valence electrons. The summed E-state index contributed by atoms with van der Waals surface area (Å²) in [6.45, 7) is 1.43. The van der Waals surface area contributed by atoms with E-state index in [1.165, 1.54) is 24.2 Å². The van der Waals surface area contributed by atoms with Crippen molar-refractivity contribution in [3.8, 4) is 11.5 Å². The Kier molecular flexibility index (Phi) is 4.36. The van der Waals surface area contributed by atoms with Crippen LogP contribution in [0.1, 0.15) is 24.4 Å². The molecule has 2 heterocycles. The third-order valence-corrected chi connectivity index (χ3v) is 4.87. The van der Waals surface area contributed by atoms with Gasteiger partial charge in [0.15, 0.2) is 16.6 Å². The molecule has 7 heteroatoms. The zero-order chi connectivity index (χ0) is 16.4. The van der Waals surface area contributed by atoms with Crippen molar-refractivity contribution in [3.05, 3.63) is 35.3 Å². The molecule has 1 aliphatic heterocycles. The molecule has 1 atom stereocenters. The van der Waals surface area contributed by atoms with Crippen molar-refractivity contribution in [3.63, 3.8) is 0 Å². The Balaban J connectivity index is 1.42. The number of hydrogen-bond acceptors (Lipinski definition) is 6. The lowest BCUT2D eigenvalue weighted by atomic mass is 10.0. The first-order valence-corrected chi connectivity index (χ1v) is 9.00. The molecule has 0 spiro atoms. The van der Waals surface area contributed by atoms with Gasteiger partial charge in [-0.25, -0.2) is 4.98 Å². The zero-order valence-electron chi connectivity index (χ0n) is 13.2. The highest BCUT2D eigenvalue weighted by molar-refractivity contribution is 7.13. The number of nitrogens with zero attached hydrogens (tertiary/aromatic N) is 1. The minimum Gasteiger partial charge on any atom is -0.486 e. The number of nitrogens with one attached hydrogen (secondary N) is 2. The van der Waals surface area contributed by atoms with Gasteiger partial charge in [-0.15, -0.1) is 11.3 Å². The van der Waals surface area contributed by atoms with Crippen molar-refractivity contribution in [1.29, 1.82) is 0 Å². The maximum Gasteiger partial charge on any atom is 0.240 e. The number of anilines is 1. The molecule has 0 saturated heterocycles. The Morgan fingerprint density at radius 3 is 2.88 bits per heavy atom. The van der Waals surface area contributed by atoms with Crippen LogP contribution in [0.5, 0.6) is 11.5 Å². The number of benzene rings is 1. The topological polar surface area (TPSA) is 72.5 Å². The fourth-order valence-corrected chi connectivity index (χ4v) is 3.44. The zero-order valence-corrected chi connectivity index (χ0v) is 14.0. The molecule has 1 aromatic heterocycles. The van der Waals surface area contributed by atoms with E-state index in [1.807, 2.05) is 17.5 Å². The van der Waals surface area contributed by atoms with Crippen LogP contribution >= 0.6 is 11.3 Å². The van der Waals surface area contributed by atoms with Gasteiger partial charge < -0.3 is 20.1 Å². The van der Waals surface area contributed by atoms with Crippen LogP contribution in [0, 0.1) is 5.92 Å². The minimum atomic E-state index is -0.0758. The molecule has 0 radical (unpaired) electrons. The molecule has 2 aromatic rings. The lowest BCUT2D eigenvalue weighted by Gasteiger charge is -2.23. The molecule has 1 fully saturated rings. The van der Waals surface area contributed by atoms with Crippen molar-refractivity contribution >= 4 is 22.4 Å². The average Bonchev–Trinajstić information content (AvgIpc) is 3.31. The summed E-state index contributed by atoms with van der Waals surface area (Å²) in [5, 5.41) is 8.65. The SMILES string of the molecule is O=C(CN[C@H](c1ccc2c(c1)OCCO2)C1CC1)Nc1nccs1. The number of rotatable bonds is 6. The average molecular weight is 345 g/mol. The Hall–Kier alpha value is -2.12. The highest BCUT2D eigenvalue weighted by atomic mass is 32.1. The first-order valence-electron chi connectivity index (χ1n) is 8.12. The van der Waals surface area contributed by atoms with Gasteiger partial charge in [0.05, 0.1) is 6.54 Å². The second kappa shape index (κ2) is 6.78. The summed E-state index contributed by atoms with van der Waals surface area (Å²) in [4.78, 5) is 16.1. The Morgan fingerprint density at radius 1 is 1.29 bits per heavy atom. The summed E-state index contributed by atoms with van der Waals surface area (Å²) in [5.41, 5.74) is 1.14. The highest BCUT2D eigenvalue weighted by Gasteiger charge is 2.33. The molecular weight excluding hydrogens is 326 g/mol. The van der Waals surface area contributed by atoms with Crippen LogP contribution < -0.4 is 20.1 Å². The Labute approximate surface area is 144 Å². The van der Waals surface area contributed by atoms with Crippen molar-refractivity contribution in [2.75, 3.05) is 25.1 Å². The maximum absolute atomic E-state index is 12.1. The number of carbonyl (C=O) groups excluding carboxylic acids is 1. The summed E-state index contributed by atoms with van der Waals surface area (Å²) in [5.74, 6) is 2.08. The van der Waals surface area contributed by atoms with E-state index in [1.54, 1.807) is 6.20 Å². The Morgan fingerprint density at radius 2 is 2.12 bits per heavy atom. The molecule has 2 aliphatic rings. The number of thiazole rings is 1. The monoisotopic (exact) mass is 345 g/mol. The first kappa shape index (κ1) is 15.4. The largest absolute Gasteiger partial charge is 0.486 e. The number of fused-ring (bicyclic) bond motifs is 1. The summed E-state index contributed by atoms with van der Waals surface area (Å²) in [7, 11) is 0. The van der Waals surface area contributed by atoms with Gasteiger partial charge in [-0.2, -0.15) is 0 Å². The van der Waals surface area contributed by atoms with Crippen molar-refractivity contribution in [2.24, 2.45) is 5.92 Å². The van der Waals surface area contributed by atoms with Gasteiger partial charge in [0.2, 0.25) is 5.91 Å². The van der Waals surface area contributed by atoms with E-state index in [0.717, 1.165) is 17.1 Å². The van der Waals surface area contributed by atoms with Gasteiger partial charge in [0, 0.05) is 17.6 Å². The minimum absolute atomic E-state index is 0.0758. The molecule has 24 heavy (non-hydrogen) atoms. The van der Waals surface area contributed by atoms with E-state index in [9.17, 15) is 4.79 Å². The van der Waals surface area contributed by atoms with E-state index >= 15 is 0 Å². The van der Waals surface area contributed by atoms with Crippen LogP contribution in [0.2, 0.25) is 0 Å². The molecule has 6 nitrogen and oxygen atoms in total. The predicted octanol–water partition coefficient (Wildman–Crippen LogP) is 2.59. The lowest BCUT2D eigenvalue weighted by molar-refractivity contribution is -0.115. The van der Waals surface area contributed by atoms with Gasteiger partial charge in [0.1, 0.15) is 13.2 Å². The summed E-state index contributed by atoms with van der Waals surface area (Å²) in [6, 6.07) is 6.20. The molecule has 1 saturated carbocycles. The normalized spacial score (nSPS) is 17.3. The molecule has 1 amide bonds. The second-order valence-corrected chi connectivity index (χ2v) is 6.88. The Bertz CT molecular complexity index is 716. The lowest BCUT2D eigenvalue weighted by Crippen LogP contribution is -2.32. The van der Waals surface area contributed by atoms with E-state index in [4.69, 9.17) is 9.47 Å². The van der Waals surface area contributed by atoms with Crippen LogP contribution in [0.15, 0.2) is 29.8 Å². The number of aromatic nitrogens is 1. The van der Waals surface area contributed by atoms with E-state index in [-0.39, 0.29) is 18.5 Å². The smallest absolute Gasteiger partial charge is 0.240 e. The molecule has 1 aromatic carbocycles. The number of ether oxygens (including phenoxy) is 2. The maximum atomic E-state index is 12.1. The van der Waals surface area contributed by atoms with Crippen LogP contribution in [0.3, 0.4) is 0 Å². The number of hydrogen-bond donors (Lipinski definition) is 2. The van der Waals surface area contributed by atoms with Gasteiger partial charge >= 0.3 is 0 Å². The standard InChI is InChI=1S/C17H19N3O3S/c21-15(20-17-18-5-8-24-17)10-19-16(11-1-2-11)12-3-4-13-14(9-12)23-7-6-22-13/h3-5,8-9,11,16,19H,1-2,6-7,10H2,(H,18,20,21)/t16-/m0/s1. The van der Waals surface area contributed by atoms with E-state index in [2.05, 4.69) is 21.7 Å². The molecular formula is C17H19N3O3S. The van der Waals surface area contributed by atoms with Gasteiger partial charge in [-0.3, -0.25) is 4.79 Å². The third-order valence-electron chi connectivity index (χ3n) is 4.18. The third kappa shape index (κ3) is 3.52. The van der Waals surface area contributed by atoms with Crippen molar-refractivity contribution in [1.82, 2.24) is 10.3 Å². The van der Waals surface area contributed by atoms with Gasteiger partial charge in [0.25, 0.3) is 0 Å². The van der Waals surface area contributed by atoms with Crippen LogP contribution in [0.4, 0.5) is 5.13 Å².